The van der Waals surface area contributed by atoms with Crippen LogP contribution in [0.5, 0.6) is 0 Å². The van der Waals surface area contributed by atoms with Gasteiger partial charge >= 0.3 is 0 Å². The summed E-state index contributed by atoms with van der Waals surface area (Å²) in [5, 5.41) is 0. The molecule has 11 heavy (non-hydrogen) atoms. The summed E-state index contributed by atoms with van der Waals surface area (Å²) in [5.41, 5.74) is 5.47. The van der Waals surface area contributed by atoms with Gasteiger partial charge in [0.25, 0.3) is 0 Å². The van der Waals surface area contributed by atoms with Crippen molar-refractivity contribution in [3.63, 3.8) is 0 Å². The first-order valence-corrected chi connectivity index (χ1v) is 5.54. The van der Waals surface area contributed by atoms with Gasteiger partial charge in [-0.15, -0.1) is 0 Å². The summed E-state index contributed by atoms with van der Waals surface area (Å²) in [6.07, 6.45) is 3.37. The second kappa shape index (κ2) is 6.95. The molecular formula is C8H20N2S. The second-order valence-electron chi connectivity index (χ2n) is 2.79. The summed E-state index contributed by atoms with van der Waals surface area (Å²) < 4.78 is 0. The Morgan fingerprint density at radius 3 is 2.55 bits per heavy atom. The van der Waals surface area contributed by atoms with Crippen LogP contribution in [-0.2, 0) is 0 Å². The Labute approximate surface area is 74.5 Å². The van der Waals surface area contributed by atoms with Gasteiger partial charge < -0.3 is 10.6 Å². The molecule has 0 heterocycles. The summed E-state index contributed by atoms with van der Waals surface area (Å²) >= 11 is 1.91. The van der Waals surface area contributed by atoms with E-state index in [0.717, 1.165) is 13.1 Å². The van der Waals surface area contributed by atoms with E-state index in [-0.39, 0.29) is 0 Å². The molecule has 2 N–H and O–H groups in total. The molecule has 0 amide bonds. The lowest BCUT2D eigenvalue weighted by Gasteiger charge is -2.25. The Morgan fingerprint density at radius 1 is 1.55 bits per heavy atom. The molecule has 0 bridgehead atoms. The quantitative estimate of drug-likeness (QED) is 0.655. The van der Waals surface area contributed by atoms with E-state index < -0.39 is 0 Å². The molecule has 68 valence electrons. The van der Waals surface area contributed by atoms with Crippen LogP contribution in [0.25, 0.3) is 0 Å². The Morgan fingerprint density at radius 2 is 2.18 bits per heavy atom. The van der Waals surface area contributed by atoms with Gasteiger partial charge in [-0.05, 0) is 19.7 Å². The van der Waals surface area contributed by atoms with Crippen molar-refractivity contribution in [2.24, 2.45) is 5.73 Å². The number of nitrogens with two attached hydrogens (primary N) is 1. The maximum absolute atomic E-state index is 5.47. The minimum absolute atomic E-state index is 0.702. The molecule has 3 heteroatoms. The summed E-state index contributed by atoms with van der Waals surface area (Å²) in [5.74, 6) is 1.22. The minimum Gasteiger partial charge on any atom is -0.329 e. The summed E-state index contributed by atoms with van der Waals surface area (Å²) in [7, 11) is 2.15. The number of likely N-dealkylation sites (N-methyl/N-ethyl adjacent to an activating group) is 1. The van der Waals surface area contributed by atoms with Crippen molar-refractivity contribution < 1.29 is 0 Å². The van der Waals surface area contributed by atoms with Crippen LogP contribution in [0, 0.1) is 0 Å². The van der Waals surface area contributed by atoms with Gasteiger partial charge in [0.15, 0.2) is 0 Å². The number of hydrogen-bond donors (Lipinski definition) is 1. The average molecular weight is 176 g/mol. The largest absolute Gasteiger partial charge is 0.329 e. The first-order valence-electron chi connectivity index (χ1n) is 4.15. The SMILES string of the molecule is CCC(CSC)N(C)CCN. The molecule has 0 rings (SSSR count). The Kier molecular flexibility index (Phi) is 7.12. The predicted octanol–water partition coefficient (Wildman–Crippen LogP) is 1.02. The molecule has 0 aliphatic rings. The lowest BCUT2D eigenvalue weighted by Crippen LogP contribution is -2.36. The Balaban J connectivity index is 3.61. The van der Waals surface area contributed by atoms with E-state index in [1.165, 1.54) is 12.2 Å². The van der Waals surface area contributed by atoms with Gasteiger partial charge in [0, 0.05) is 24.9 Å². The predicted molar refractivity (Wildman–Crippen MR) is 54.1 cm³/mol. The fourth-order valence-electron chi connectivity index (χ4n) is 1.14. The van der Waals surface area contributed by atoms with Crippen LogP contribution in [0.4, 0.5) is 0 Å². The summed E-state index contributed by atoms with van der Waals surface area (Å²) in [4.78, 5) is 2.34. The highest BCUT2D eigenvalue weighted by atomic mass is 32.2. The lowest BCUT2D eigenvalue weighted by atomic mass is 10.2. The molecule has 0 saturated heterocycles. The molecule has 0 saturated carbocycles. The fraction of sp³-hybridized carbons (Fsp3) is 1.00. The number of nitrogens with zero attached hydrogens (tertiary/aromatic N) is 1. The van der Waals surface area contributed by atoms with Crippen molar-refractivity contribution in [1.29, 1.82) is 0 Å². The van der Waals surface area contributed by atoms with Gasteiger partial charge in [-0.1, -0.05) is 6.92 Å². The third kappa shape index (κ3) is 4.67. The molecule has 0 fully saturated rings. The number of thioether (sulfide) groups is 1. The van der Waals surface area contributed by atoms with E-state index in [0.29, 0.717) is 6.04 Å². The summed E-state index contributed by atoms with van der Waals surface area (Å²) in [6, 6.07) is 0.702. The maximum Gasteiger partial charge on any atom is 0.0181 e. The smallest absolute Gasteiger partial charge is 0.0181 e. The molecule has 2 nitrogen and oxygen atoms in total. The van der Waals surface area contributed by atoms with Crippen molar-refractivity contribution in [2.45, 2.75) is 19.4 Å². The van der Waals surface area contributed by atoms with Crippen LogP contribution in [0.2, 0.25) is 0 Å². The van der Waals surface area contributed by atoms with Crippen LogP contribution in [0.3, 0.4) is 0 Å². The normalized spacial score (nSPS) is 13.9. The highest BCUT2D eigenvalue weighted by molar-refractivity contribution is 7.98. The zero-order valence-corrected chi connectivity index (χ0v) is 8.66. The monoisotopic (exact) mass is 176 g/mol. The van der Waals surface area contributed by atoms with Crippen LogP contribution in [0.15, 0.2) is 0 Å². The van der Waals surface area contributed by atoms with Gasteiger partial charge in [0.05, 0.1) is 0 Å². The van der Waals surface area contributed by atoms with Crippen molar-refractivity contribution in [2.75, 3.05) is 32.1 Å². The standard InChI is InChI=1S/C8H20N2S/c1-4-8(7-11-3)10(2)6-5-9/h8H,4-7,9H2,1-3H3. The van der Waals surface area contributed by atoms with E-state index >= 15 is 0 Å². The molecule has 0 aromatic heterocycles. The van der Waals surface area contributed by atoms with Crippen molar-refractivity contribution in [1.82, 2.24) is 4.90 Å². The molecule has 1 unspecified atom stereocenters. The second-order valence-corrected chi connectivity index (χ2v) is 3.70. The van der Waals surface area contributed by atoms with Crippen molar-refractivity contribution >= 4 is 11.8 Å². The Bertz CT molecular complexity index is 88.2. The van der Waals surface area contributed by atoms with E-state index in [1.54, 1.807) is 0 Å². The van der Waals surface area contributed by atoms with Crippen molar-refractivity contribution in [3.05, 3.63) is 0 Å². The zero-order chi connectivity index (χ0) is 8.69. The first-order chi connectivity index (χ1) is 5.26. The lowest BCUT2D eigenvalue weighted by molar-refractivity contribution is 0.263. The van der Waals surface area contributed by atoms with Crippen LogP contribution < -0.4 is 5.73 Å². The molecule has 0 aliphatic carbocycles. The average Bonchev–Trinajstić information content (AvgIpc) is 2.00. The van der Waals surface area contributed by atoms with Crippen LogP contribution in [-0.4, -0.2) is 43.1 Å². The van der Waals surface area contributed by atoms with Gasteiger partial charge in [0.1, 0.15) is 0 Å². The minimum atomic E-state index is 0.702. The molecule has 1 atom stereocenters. The van der Waals surface area contributed by atoms with Crippen molar-refractivity contribution in [3.8, 4) is 0 Å². The number of hydrogen-bond acceptors (Lipinski definition) is 3. The topological polar surface area (TPSA) is 29.3 Å². The van der Waals surface area contributed by atoms with E-state index in [1.807, 2.05) is 11.8 Å². The first kappa shape index (κ1) is 11.3. The third-order valence-electron chi connectivity index (χ3n) is 1.94. The van der Waals surface area contributed by atoms with E-state index in [9.17, 15) is 0 Å². The molecule has 0 radical (unpaired) electrons. The highest BCUT2D eigenvalue weighted by Crippen LogP contribution is 2.06. The summed E-state index contributed by atoms with van der Waals surface area (Å²) in [6.45, 7) is 4.01. The van der Waals surface area contributed by atoms with Gasteiger partial charge in [0.2, 0.25) is 0 Å². The molecule has 0 aromatic rings. The zero-order valence-electron chi connectivity index (χ0n) is 7.84. The Hall–Kier alpha value is 0.270. The fourth-order valence-corrected chi connectivity index (χ4v) is 2.01. The van der Waals surface area contributed by atoms with Gasteiger partial charge in [-0.2, -0.15) is 11.8 Å². The number of rotatable bonds is 6. The van der Waals surface area contributed by atoms with Gasteiger partial charge in [-0.25, -0.2) is 0 Å². The van der Waals surface area contributed by atoms with E-state index in [4.69, 9.17) is 5.73 Å². The maximum atomic E-state index is 5.47. The van der Waals surface area contributed by atoms with Gasteiger partial charge in [-0.3, -0.25) is 0 Å². The van der Waals surface area contributed by atoms with Crippen LogP contribution >= 0.6 is 11.8 Å². The van der Waals surface area contributed by atoms with E-state index in [2.05, 4.69) is 25.1 Å². The molecule has 0 spiro atoms. The third-order valence-corrected chi connectivity index (χ3v) is 2.65. The molecule has 0 aliphatic heterocycles. The molecular weight excluding hydrogens is 156 g/mol. The van der Waals surface area contributed by atoms with Crippen LogP contribution in [0.1, 0.15) is 13.3 Å². The highest BCUT2D eigenvalue weighted by Gasteiger charge is 2.09. The molecule has 0 aromatic carbocycles.